The van der Waals surface area contributed by atoms with Crippen LogP contribution in [0, 0.1) is 11.2 Å². The van der Waals surface area contributed by atoms with Gasteiger partial charge in [-0.1, -0.05) is 32.0 Å². The monoisotopic (exact) mass is 381 g/mol. The summed E-state index contributed by atoms with van der Waals surface area (Å²) in [6.45, 7) is 7.51. The average molecular weight is 381 g/mol. The lowest BCUT2D eigenvalue weighted by molar-refractivity contribution is -0.117. The summed E-state index contributed by atoms with van der Waals surface area (Å²) < 4.78 is 19.0. The lowest BCUT2D eigenvalue weighted by atomic mass is 9.92. The minimum Gasteiger partial charge on any atom is -0.354 e. The third-order valence-corrected chi connectivity index (χ3v) is 4.91. The van der Waals surface area contributed by atoms with Crippen molar-refractivity contribution in [1.82, 2.24) is 5.16 Å². The van der Waals surface area contributed by atoms with Gasteiger partial charge in [-0.2, -0.15) is 0 Å². The SMILES string of the molecule is CC(C)(C)CC(=O)Nc1ccc2c(N3CCc4cc(F)ccc4C3)noc2c1. The number of fused-ring (bicyclic) bond motifs is 2. The van der Waals surface area contributed by atoms with Crippen LogP contribution in [0.5, 0.6) is 0 Å². The summed E-state index contributed by atoms with van der Waals surface area (Å²) in [5.41, 5.74) is 3.42. The smallest absolute Gasteiger partial charge is 0.224 e. The molecule has 0 unspecified atom stereocenters. The zero-order valence-electron chi connectivity index (χ0n) is 16.4. The molecule has 5 nitrogen and oxygen atoms in total. The minimum absolute atomic E-state index is 0.0218. The van der Waals surface area contributed by atoms with E-state index in [2.05, 4.69) is 15.4 Å². The van der Waals surface area contributed by atoms with Crippen LogP contribution in [0.1, 0.15) is 38.3 Å². The van der Waals surface area contributed by atoms with E-state index in [1.54, 1.807) is 12.1 Å². The number of amides is 1. The molecule has 0 atom stereocenters. The van der Waals surface area contributed by atoms with E-state index in [0.29, 0.717) is 24.2 Å². The van der Waals surface area contributed by atoms with Crippen LogP contribution in [-0.4, -0.2) is 17.6 Å². The molecular weight excluding hydrogens is 357 g/mol. The molecule has 0 saturated carbocycles. The molecule has 4 rings (SSSR count). The average Bonchev–Trinajstić information content (AvgIpc) is 3.02. The Balaban J connectivity index is 1.54. The van der Waals surface area contributed by atoms with Gasteiger partial charge in [-0.25, -0.2) is 4.39 Å². The van der Waals surface area contributed by atoms with Crippen molar-refractivity contribution in [3.8, 4) is 0 Å². The molecule has 2 aromatic carbocycles. The highest BCUT2D eigenvalue weighted by Crippen LogP contribution is 2.32. The van der Waals surface area contributed by atoms with E-state index in [1.165, 1.54) is 6.07 Å². The number of carbonyl (C=O) groups is 1. The number of anilines is 2. The predicted octanol–water partition coefficient (Wildman–Crippen LogP) is 4.90. The van der Waals surface area contributed by atoms with Crippen LogP contribution in [0.4, 0.5) is 15.9 Å². The summed E-state index contributed by atoms with van der Waals surface area (Å²) in [4.78, 5) is 14.3. The number of hydrogen-bond acceptors (Lipinski definition) is 4. The zero-order chi connectivity index (χ0) is 19.9. The Bertz CT molecular complexity index is 1040. The summed E-state index contributed by atoms with van der Waals surface area (Å²) in [5.74, 6) is 0.559. The van der Waals surface area contributed by atoms with Crippen molar-refractivity contribution < 1.29 is 13.7 Å². The molecule has 1 aromatic heterocycles. The molecule has 1 aliphatic heterocycles. The van der Waals surface area contributed by atoms with Crippen LogP contribution in [0.15, 0.2) is 40.9 Å². The van der Waals surface area contributed by atoms with Crippen molar-refractivity contribution in [2.45, 2.75) is 40.2 Å². The Labute approximate surface area is 163 Å². The van der Waals surface area contributed by atoms with Gasteiger partial charge >= 0.3 is 0 Å². The minimum atomic E-state index is -0.194. The van der Waals surface area contributed by atoms with Gasteiger partial charge < -0.3 is 14.7 Å². The van der Waals surface area contributed by atoms with Gasteiger partial charge in [0.15, 0.2) is 11.4 Å². The van der Waals surface area contributed by atoms with Gasteiger partial charge in [0.05, 0.1) is 5.39 Å². The van der Waals surface area contributed by atoms with E-state index in [1.807, 2.05) is 39.0 Å². The van der Waals surface area contributed by atoms with Crippen LogP contribution in [0.25, 0.3) is 11.0 Å². The number of hydrogen-bond donors (Lipinski definition) is 1. The topological polar surface area (TPSA) is 58.4 Å². The second-order valence-electron chi connectivity index (χ2n) is 8.59. The molecule has 1 amide bonds. The molecule has 0 aliphatic carbocycles. The molecule has 3 aromatic rings. The molecular formula is C22H24FN3O2. The first-order valence-electron chi connectivity index (χ1n) is 9.50. The fraction of sp³-hybridized carbons (Fsp3) is 0.364. The van der Waals surface area contributed by atoms with Crippen LogP contribution in [-0.2, 0) is 17.8 Å². The van der Waals surface area contributed by atoms with Gasteiger partial charge in [-0.3, -0.25) is 4.79 Å². The first kappa shape index (κ1) is 18.5. The lowest BCUT2D eigenvalue weighted by Crippen LogP contribution is -2.30. The van der Waals surface area contributed by atoms with E-state index < -0.39 is 0 Å². The highest BCUT2D eigenvalue weighted by molar-refractivity contribution is 5.96. The third kappa shape index (κ3) is 3.86. The van der Waals surface area contributed by atoms with Crippen molar-refractivity contribution in [3.05, 3.63) is 53.3 Å². The van der Waals surface area contributed by atoms with Gasteiger partial charge in [-0.15, -0.1) is 0 Å². The Morgan fingerprint density at radius 3 is 2.82 bits per heavy atom. The summed E-state index contributed by atoms with van der Waals surface area (Å²) in [7, 11) is 0. The molecule has 146 valence electrons. The zero-order valence-corrected chi connectivity index (χ0v) is 16.4. The molecule has 1 N–H and O–H groups in total. The first-order chi connectivity index (χ1) is 13.3. The standard InChI is InChI=1S/C22H24FN3O2/c1-22(2,3)12-20(27)24-17-6-7-18-19(11-17)28-25-21(18)26-9-8-14-10-16(23)5-4-15(14)13-26/h4-7,10-11H,8-9,12-13H2,1-3H3,(H,24,27). The summed E-state index contributed by atoms with van der Waals surface area (Å²) >= 11 is 0. The fourth-order valence-electron chi connectivity index (χ4n) is 3.62. The normalized spacial score (nSPS) is 14.2. The Morgan fingerprint density at radius 2 is 2.04 bits per heavy atom. The molecule has 0 spiro atoms. The van der Waals surface area contributed by atoms with Crippen LogP contribution >= 0.6 is 0 Å². The number of aromatic nitrogens is 1. The van der Waals surface area contributed by atoms with Crippen molar-refractivity contribution in [2.75, 3.05) is 16.8 Å². The van der Waals surface area contributed by atoms with Crippen molar-refractivity contribution in [1.29, 1.82) is 0 Å². The molecule has 0 fully saturated rings. The van der Waals surface area contributed by atoms with E-state index in [0.717, 1.165) is 35.3 Å². The fourth-order valence-corrected chi connectivity index (χ4v) is 3.62. The van der Waals surface area contributed by atoms with Gasteiger partial charge in [0.2, 0.25) is 5.91 Å². The molecule has 1 aliphatic rings. The lowest BCUT2D eigenvalue weighted by Gasteiger charge is -2.28. The maximum absolute atomic E-state index is 13.4. The van der Waals surface area contributed by atoms with Crippen molar-refractivity contribution >= 4 is 28.4 Å². The van der Waals surface area contributed by atoms with Gasteiger partial charge in [0.1, 0.15) is 5.82 Å². The predicted molar refractivity (Wildman–Crippen MR) is 108 cm³/mol. The Kier molecular flexibility index (Phi) is 4.57. The van der Waals surface area contributed by atoms with Gasteiger partial charge in [0, 0.05) is 31.3 Å². The second kappa shape index (κ2) is 6.93. The van der Waals surface area contributed by atoms with Gasteiger partial charge in [-0.05, 0) is 47.2 Å². The number of nitrogens with one attached hydrogen (secondary N) is 1. The quantitative estimate of drug-likeness (QED) is 0.701. The molecule has 6 heteroatoms. The third-order valence-electron chi connectivity index (χ3n) is 4.91. The second-order valence-corrected chi connectivity index (χ2v) is 8.59. The first-order valence-corrected chi connectivity index (χ1v) is 9.50. The van der Waals surface area contributed by atoms with Crippen LogP contribution in [0.2, 0.25) is 0 Å². The van der Waals surface area contributed by atoms with E-state index >= 15 is 0 Å². The van der Waals surface area contributed by atoms with E-state index in [4.69, 9.17) is 4.52 Å². The number of halogens is 1. The highest BCUT2D eigenvalue weighted by Gasteiger charge is 2.22. The maximum Gasteiger partial charge on any atom is 0.224 e. The summed E-state index contributed by atoms with van der Waals surface area (Å²) in [5, 5.41) is 8.08. The summed E-state index contributed by atoms with van der Waals surface area (Å²) in [6.07, 6.45) is 1.21. The highest BCUT2D eigenvalue weighted by atomic mass is 19.1. The molecule has 0 saturated heterocycles. The number of benzene rings is 2. The molecule has 0 radical (unpaired) electrons. The maximum atomic E-state index is 13.4. The molecule has 28 heavy (non-hydrogen) atoms. The van der Waals surface area contributed by atoms with E-state index in [9.17, 15) is 9.18 Å². The summed E-state index contributed by atoms with van der Waals surface area (Å²) in [6, 6.07) is 10.5. The number of nitrogens with zero attached hydrogens (tertiary/aromatic N) is 2. The van der Waals surface area contributed by atoms with Crippen molar-refractivity contribution in [3.63, 3.8) is 0 Å². The van der Waals surface area contributed by atoms with Crippen LogP contribution < -0.4 is 10.2 Å². The number of rotatable bonds is 3. The Morgan fingerprint density at radius 1 is 1.21 bits per heavy atom. The van der Waals surface area contributed by atoms with Crippen LogP contribution in [0.3, 0.4) is 0 Å². The largest absolute Gasteiger partial charge is 0.354 e. The molecule has 2 heterocycles. The van der Waals surface area contributed by atoms with Gasteiger partial charge in [0.25, 0.3) is 0 Å². The Hall–Kier alpha value is -2.89. The van der Waals surface area contributed by atoms with E-state index in [-0.39, 0.29) is 17.1 Å². The number of carbonyl (C=O) groups excluding carboxylic acids is 1. The molecule has 0 bridgehead atoms. The van der Waals surface area contributed by atoms with Crippen molar-refractivity contribution in [2.24, 2.45) is 5.41 Å².